The number of hydrogen-bond acceptors (Lipinski definition) is 4. The standard InChI is InChI=1S/C42H64N4/c1-10-17-42(46(25-11-2)44-28-34(8)32(5)6)43-29-37(13-4)39(27-33(7)12-3)22-20-38-21-23-40-31-45(26-24-41(40)35(38)9)30-36-18-15-14-16-19-36/h10,13,17,21,23,28-29,33,36,39H,1,5,8,11-12,14-16,18-20,22,24-27,30-31H2,2-4,6-7,9H3/b37-13-,42-17+,43-29+,44-28-. The molecule has 1 aliphatic carbocycles. The van der Waals surface area contributed by atoms with Crippen LogP contribution in [0, 0.1) is 24.7 Å². The van der Waals surface area contributed by atoms with E-state index in [4.69, 9.17) is 10.1 Å². The number of hydrogen-bond donors (Lipinski definition) is 0. The molecule has 0 aromatic heterocycles. The Kier molecular flexibility index (Phi) is 16.0. The molecule has 4 heteroatoms. The third-order valence-electron chi connectivity index (χ3n) is 10.3. The van der Waals surface area contributed by atoms with Gasteiger partial charge in [0.25, 0.3) is 0 Å². The summed E-state index contributed by atoms with van der Waals surface area (Å²) in [5.41, 5.74) is 9.27. The van der Waals surface area contributed by atoms with Crippen LogP contribution >= 0.6 is 0 Å². The molecule has 1 aromatic carbocycles. The maximum absolute atomic E-state index is 5.01. The molecular formula is C42H64N4. The van der Waals surface area contributed by atoms with Gasteiger partial charge < -0.3 is 0 Å². The zero-order valence-electron chi connectivity index (χ0n) is 30.3. The SMILES string of the molecule is C=C\C=C(/N=C/C(=C/C)C(CCc1ccc2c(c1C)CCN(CC1CCCCC1)C2)CC(C)CC)N(CCC)/N=C\C(=C)C(=C)C. The van der Waals surface area contributed by atoms with Crippen LogP contribution < -0.4 is 0 Å². The minimum absolute atomic E-state index is 0.446. The van der Waals surface area contributed by atoms with Crippen LogP contribution in [-0.2, 0) is 19.4 Å². The maximum Gasteiger partial charge on any atom is 0.148 e. The molecule has 1 fully saturated rings. The summed E-state index contributed by atoms with van der Waals surface area (Å²) in [6.45, 7) is 29.7. The number of aryl methyl sites for hydroxylation is 1. The van der Waals surface area contributed by atoms with Crippen molar-refractivity contribution in [3.8, 4) is 0 Å². The molecular weight excluding hydrogens is 560 g/mol. The molecule has 2 unspecified atom stereocenters. The summed E-state index contributed by atoms with van der Waals surface area (Å²) in [5.74, 6) is 2.80. The van der Waals surface area contributed by atoms with Crippen LogP contribution in [0.25, 0.3) is 0 Å². The van der Waals surface area contributed by atoms with Crippen molar-refractivity contribution in [2.24, 2.45) is 27.8 Å². The molecule has 4 nitrogen and oxygen atoms in total. The first-order chi connectivity index (χ1) is 22.2. The van der Waals surface area contributed by atoms with E-state index >= 15 is 0 Å². The monoisotopic (exact) mass is 625 g/mol. The summed E-state index contributed by atoms with van der Waals surface area (Å²) in [6, 6.07) is 4.89. The summed E-state index contributed by atoms with van der Waals surface area (Å²) >= 11 is 0. The van der Waals surface area contributed by atoms with E-state index in [-0.39, 0.29) is 0 Å². The Morgan fingerprint density at radius 1 is 1.13 bits per heavy atom. The van der Waals surface area contributed by atoms with Crippen LogP contribution in [0.2, 0.25) is 0 Å². The van der Waals surface area contributed by atoms with Gasteiger partial charge in [-0.25, -0.2) is 10.0 Å². The van der Waals surface area contributed by atoms with Crippen molar-refractivity contribution in [1.82, 2.24) is 9.91 Å². The van der Waals surface area contributed by atoms with Crippen LogP contribution in [0.3, 0.4) is 0 Å². The number of nitrogens with zero attached hydrogens (tertiary/aromatic N) is 4. The molecule has 3 rings (SSSR count). The molecule has 2 atom stereocenters. The van der Waals surface area contributed by atoms with Crippen molar-refractivity contribution >= 4 is 12.4 Å². The second kappa shape index (κ2) is 19.6. The summed E-state index contributed by atoms with van der Waals surface area (Å²) in [6.07, 6.45) is 23.7. The Morgan fingerprint density at radius 3 is 2.54 bits per heavy atom. The molecule has 2 aliphatic rings. The van der Waals surface area contributed by atoms with Crippen molar-refractivity contribution in [1.29, 1.82) is 0 Å². The van der Waals surface area contributed by atoms with Gasteiger partial charge in [0.15, 0.2) is 0 Å². The van der Waals surface area contributed by atoms with Crippen LogP contribution in [-0.4, -0.2) is 42.0 Å². The van der Waals surface area contributed by atoms with Gasteiger partial charge in [-0.3, -0.25) is 4.90 Å². The lowest BCUT2D eigenvalue weighted by atomic mass is 9.82. The van der Waals surface area contributed by atoms with Gasteiger partial charge in [-0.15, -0.1) is 0 Å². The number of allylic oxidation sites excluding steroid dienone is 6. The minimum atomic E-state index is 0.446. The topological polar surface area (TPSA) is 31.2 Å². The Balaban J connectivity index is 1.75. The van der Waals surface area contributed by atoms with Gasteiger partial charge in [0.05, 0.1) is 6.21 Å². The average Bonchev–Trinajstić information content (AvgIpc) is 3.06. The van der Waals surface area contributed by atoms with Crippen LogP contribution in [0.4, 0.5) is 0 Å². The number of benzene rings is 1. The van der Waals surface area contributed by atoms with E-state index in [9.17, 15) is 0 Å². The van der Waals surface area contributed by atoms with E-state index in [2.05, 4.69) is 83.7 Å². The van der Waals surface area contributed by atoms with E-state index < -0.39 is 0 Å². The summed E-state index contributed by atoms with van der Waals surface area (Å²) in [5, 5.41) is 6.65. The molecule has 252 valence electrons. The third kappa shape index (κ3) is 11.4. The Bertz CT molecular complexity index is 1270. The first kappa shape index (κ1) is 37.5. The van der Waals surface area contributed by atoms with Crippen LogP contribution in [0.15, 0.2) is 82.7 Å². The van der Waals surface area contributed by atoms with Gasteiger partial charge in [-0.05, 0) is 123 Å². The zero-order valence-corrected chi connectivity index (χ0v) is 30.3. The minimum Gasteiger partial charge on any atom is -0.298 e. The number of fused-ring (bicyclic) bond motifs is 1. The molecule has 1 heterocycles. The molecule has 46 heavy (non-hydrogen) atoms. The summed E-state index contributed by atoms with van der Waals surface area (Å²) in [4.78, 5) is 7.74. The second-order valence-electron chi connectivity index (χ2n) is 13.9. The van der Waals surface area contributed by atoms with Gasteiger partial charge in [-0.1, -0.05) is 96.0 Å². The average molecular weight is 625 g/mol. The first-order valence-corrected chi connectivity index (χ1v) is 18.2. The van der Waals surface area contributed by atoms with Gasteiger partial charge in [0.2, 0.25) is 0 Å². The van der Waals surface area contributed by atoms with Crippen molar-refractivity contribution < 1.29 is 0 Å². The highest BCUT2D eigenvalue weighted by molar-refractivity contribution is 5.83. The smallest absolute Gasteiger partial charge is 0.148 e. The summed E-state index contributed by atoms with van der Waals surface area (Å²) in [7, 11) is 0. The van der Waals surface area contributed by atoms with Crippen LogP contribution in [0.5, 0.6) is 0 Å². The lowest BCUT2D eigenvalue weighted by molar-refractivity contribution is 0.187. The molecule has 0 saturated heterocycles. The third-order valence-corrected chi connectivity index (χ3v) is 10.3. The van der Waals surface area contributed by atoms with Crippen molar-refractivity contribution in [2.75, 3.05) is 19.6 Å². The Labute approximate surface area is 282 Å². The lowest BCUT2D eigenvalue weighted by Crippen LogP contribution is -2.35. The molecule has 0 spiro atoms. The fourth-order valence-electron chi connectivity index (χ4n) is 7.06. The molecule has 0 amide bonds. The predicted molar refractivity (Wildman–Crippen MR) is 203 cm³/mol. The van der Waals surface area contributed by atoms with E-state index in [0.29, 0.717) is 11.8 Å². The van der Waals surface area contributed by atoms with Gasteiger partial charge in [0.1, 0.15) is 5.82 Å². The fourth-order valence-corrected chi connectivity index (χ4v) is 7.06. The van der Waals surface area contributed by atoms with Crippen molar-refractivity contribution in [3.05, 3.63) is 94.9 Å². The Morgan fingerprint density at radius 2 is 1.89 bits per heavy atom. The fraction of sp³-hybridized carbons (Fsp3) is 0.571. The van der Waals surface area contributed by atoms with E-state index in [1.807, 2.05) is 18.0 Å². The van der Waals surface area contributed by atoms with Gasteiger partial charge >= 0.3 is 0 Å². The number of rotatable bonds is 18. The first-order valence-electron chi connectivity index (χ1n) is 18.2. The van der Waals surface area contributed by atoms with Crippen molar-refractivity contribution in [2.45, 2.75) is 119 Å². The lowest BCUT2D eigenvalue weighted by Gasteiger charge is -2.34. The van der Waals surface area contributed by atoms with Gasteiger partial charge in [-0.2, -0.15) is 5.10 Å². The van der Waals surface area contributed by atoms with Crippen LogP contribution in [0.1, 0.15) is 115 Å². The molecule has 0 bridgehead atoms. The molecule has 1 aliphatic heterocycles. The van der Waals surface area contributed by atoms with Gasteiger partial charge in [0, 0.05) is 32.4 Å². The normalized spacial score (nSPS) is 18.1. The molecule has 1 saturated carbocycles. The summed E-state index contributed by atoms with van der Waals surface area (Å²) < 4.78 is 0. The number of aliphatic imine (C=N–C) groups is 1. The highest BCUT2D eigenvalue weighted by atomic mass is 15.5. The molecule has 1 aromatic rings. The highest BCUT2D eigenvalue weighted by Crippen LogP contribution is 2.31. The van der Waals surface area contributed by atoms with E-state index in [0.717, 1.165) is 61.7 Å². The number of hydrazone groups is 1. The predicted octanol–water partition coefficient (Wildman–Crippen LogP) is 10.8. The Hall–Kier alpha value is -2.98. The quantitative estimate of drug-likeness (QED) is 0.0924. The second-order valence-corrected chi connectivity index (χ2v) is 13.9. The van der Waals surface area contributed by atoms with E-state index in [1.54, 1.807) is 23.4 Å². The highest BCUT2D eigenvalue weighted by Gasteiger charge is 2.23. The van der Waals surface area contributed by atoms with E-state index in [1.165, 1.54) is 74.7 Å². The molecule has 0 radical (unpaired) electrons. The zero-order chi connectivity index (χ0) is 33.5. The largest absolute Gasteiger partial charge is 0.298 e. The van der Waals surface area contributed by atoms with Crippen molar-refractivity contribution in [3.63, 3.8) is 0 Å². The maximum atomic E-state index is 5.01. The molecule has 0 N–H and O–H groups in total.